The third-order valence-corrected chi connectivity index (χ3v) is 5.63. The van der Waals surface area contributed by atoms with Gasteiger partial charge in [0.25, 0.3) is 0 Å². The van der Waals surface area contributed by atoms with Crippen LogP contribution in [0.25, 0.3) is 16.9 Å². The molecule has 9 nitrogen and oxygen atoms in total. The van der Waals surface area contributed by atoms with Crippen LogP contribution < -0.4 is 15.2 Å². The fourth-order valence-electron chi connectivity index (χ4n) is 3.64. The van der Waals surface area contributed by atoms with Gasteiger partial charge in [-0.3, -0.25) is 0 Å². The van der Waals surface area contributed by atoms with Crippen LogP contribution in [0.2, 0.25) is 5.02 Å². The molecule has 0 radical (unpaired) electrons. The van der Waals surface area contributed by atoms with Gasteiger partial charge in [0.2, 0.25) is 5.88 Å². The normalized spacial score (nSPS) is 11.1. The van der Waals surface area contributed by atoms with E-state index in [0.717, 1.165) is 32.9 Å². The van der Waals surface area contributed by atoms with Crippen LogP contribution in [0.4, 0.5) is 0 Å². The van der Waals surface area contributed by atoms with Gasteiger partial charge in [-0.05, 0) is 60.2 Å². The van der Waals surface area contributed by atoms with E-state index in [4.69, 9.17) is 21.1 Å². The van der Waals surface area contributed by atoms with Gasteiger partial charge >= 0.3 is 5.69 Å². The Labute approximate surface area is 189 Å². The van der Waals surface area contributed by atoms with Crippen molar-refractivity contribution in [3.05, 3.63) is 68.6 Å². The number of methoxy groups -OCH3 is 1. The number of rotatable bonds is 6. The van der Waals surface area contributed by atoms with Gasteiger partial charge in [0, 0.05) is 35.8 Å². The molecule has 2 aromatic carbocycles. The van der Waals surface area contributed by atoms with E-state index >= 15 is 0 Å². The molecular formula is C22H23ClN6O3. The first-order valence-electron chi connectivity index (χ1n) is 9.90. The van der Waals surface area contributed by atoms with Gasteiger partial charge in [-0.15, -0.1) is 0 Å². The van der Waals surface area contributed by atoms with Crippen LogP contribution in [0.15, 0.2) is 41.2 Å². The number of hydrogen-bond acceptors (Lipinski definition) is 6. The van der Waals surface area contributed by atoms with E-state index in [1.807, 2.05) is 39.1 Å². The summed E-state index contributed by atoms with van der Waals surface area (Å²) in [6.07, 6.45) is 0. The van der Waals surface area contributed by atoms with Gasteiger partial charge in [-0.25, -0.2) is 9.48 Å². The van der Waals surface area contributed by atoms with E-state index in [1.54, 1.807) is 30.0 Å². The Kier molecular flexibility index (Phi) is 5.75. The van der Waals surface area contributed by atoms with Gasteiger partial charge in [0.15, 0.2) is 0 Å². The van der Waals surface area contributed by atoms with E-state index in [-0.39, 0.29) is 12.3 Å². The van der Waals surface area contributed by atoms with Gasteiger partial charge in [0.05, 0.1) is 18.5 Å². The summed E-state index contributed by atoms with van der Waals surface area (Å²) in [4.78, 5) is 12.3. The molecule has 32 heavy (non-hydrogen) atoms. The predicted octanol–water partition coefficient (Wildman–Crippen LogP) is 3.22. The second-order valence-corrected chi connectivity index (χ2v) is 7.82. The Morgan fingerprint density at radius 3 is 2.47 bits per heavy atom. The average molecular weight is 455 g/mol. The summed E-state index contributed by atoms with van der Waals surface area (Å²) in [5, 5.41) is 12.7. The lowest BCUT2D eigenvalue weighted by Gasteiger charge is -2.14. The molecule has 0 aliphatic carbocycles. The molecule has 0 unspecified atom stereocenters. The molecule has 4 aromatic rings. The van der Waals surface area contributed by atoms with Crippen molar-refractivity contribution in [3.8, 4) is 28.6 Å². The Hall–Kier alpha value is -3.59. The van der Waals surface area contributed by atoms with E-state index in [9.17, 15) is 4.79 Å². The van der Waals surface area contributed by atoms with Crippen molar-refractivity contribution in [2.45, 2.75) is 20.5 Å². The predicted molar refractivity (Wildman–Crippen MR) is 121 cm³/mol. The lowest BCUT2D eigenvalue weighted by atomic mass is 10.1. The van der Waals surface area contributed by atoms with Crippen molar-refractivity contribution in [1.82, 2.24) is 29.6 Å². The first-order chi connectivity index (χ1) is 15.3. The Balaban J connectivity index is 1.62. The Bertz CT molecular complexity index is 1350. The van der Waals surface area contributed by atoms with Crippen LogP contribution >= 0.6 is 11.6 Å². The molecule has 0 aliphatic heterocycles. The summed E-state index contributed by atoms with van der Waals surface area (Å²) >= 11 is 6.43. The highest BCUT2D eigenvalue weighted by molar-refractivity contribution is 6.31. The van der Waals surface area contributed by atoms with Crippen molar-refractivity contribution < 1.29 is 9.47 Å². The summed E-state index contributed by atoms with van der Waals surface area (Å²) < 4.78 is 15.6. The second-order valence-electron chi connectivity index (χ2n) is 7.41. The summed E-state index contributed by atoms with van der Waals surface area (Å²) in [6.45, 7) is 4.11. The van der Waals surface area contributed by atoms with Gasteiger partial charge in [-0.1, -0.05) is 17.7 Å². The Morgan fingerprint density at radius 1 is 1.06 bits per heavy atom. The van der Waals surface area contributed by atoms with Crippen LogP contribution in [-0.4, -0.2) is 36.7 Å². The van der Waals surface area contributed by atoms with Crippen molar-refractivity contribution in [2.75, 3.05) is 7.11 Å². The minimum atomic E-state index is -0.366. The zero-order valence-corrected chi connectivity index (χ0v) is 19.2. The van der Waals surface area contributed by atoms with Crippen LogP contribution in [-0.2, 0) is 20.7 Å². The van der Waals surface area contributed by atoms with Crippen LogP contribution in [0, 0.1) is 13.8 Å². The summed E-state index contributed by atoms with van der Waals surface area (Å²) in [5.74, 6) is 1.43. The second kappa shape index (κ2) is 8.51. The average Bonchev–Trinajstić information content (AvgIpc) is 3.25. The summed E-state index contributed by atoms with van der Waals surface area (Å²) in [6, 6.07) is 11.1. The number of benzene rings is 2. The number of nitrogens with zero attached hydrogens (tertiary/aromatic N) is 6. The van der Waals surface area contributed by atoms with Crippen LogP contribution in [0.5, 0.6) is 11.6 Å². The summed E-state index contributed by atoms with van der Waals surface area (Å²) in [5.41, 5.74) is 4.54. The first kappa shape index (κ1) is 21.6. The largest absolute Gasteiger partial charge is 0.488 e. The number of halogens is 1. The molecule has 0 bridgehead atoms. The van der Waals surface area contributed by atoms with Crippen LogP contribution in [0.3, 0.4) is 0 Å². The van der Waals surface area contributed by atoms with E-state index < -0.39 is 0 Å². The third-order valence-electron chi connectivity index (χ3n) is 5.28. The fourth-order valence-corrected chi connectivity index (χ4v) is 3.86. The number of aryl methyl sites for hydroxylation is 3. The molecule has 0 saturated heterocycles. The monoisotopic (exact) mass is 454 g/mol. The van der Waals surface area contributed by atoms with Crippen molar-refractivity contribution in [3.63, 3.8) is 0 Å². The molecule has 166 valence electrons. The molecule has 0 spiro atoms. The van der Waals surface area contributed by atoms with E-state index in [2.05, 4.69) is 15.5 Å². The topological polar surface area (TPSA) is 89.0 Å². The molecule has 10 heteroatoms. The molecule has 0 fully saturated rings. The first-order valence-corrected chi connectivity index (χ1v) is 10.3. The number of tetrazole rings is 1. The molecule has 0 N–H and O–H groups in total. The molecule has 4 rings (SSSR count). The summed E-state index contributed by atoms with van der Waals surface area (Å²) in [7, 11) is 5.02. The molecule has 2 aromatic heterocycles. The third kappa shape index (κ3) is 3.75. The van der Waals surface area contributed by atoms with Crippen molar-refractivity contribution in [1.29, 1.82) is 0 Å². The zero-order valence-electron chi connectivity index (χ0n) is 18.5. The molecule has 0 amide bonds. The number of ether oxygens (including phenoxy) is 2. The van der Waals surface area contributed by atoms with E-state index in [1.165, 1.54) is 11.7 Å². The maximum atomic E-state index is 12.3. The van der Waals surface area contributed by atoms with Crippen molar-refractivity contribution in [2.24, 2.45) is 14.1 Å². The highest BCUT2D eigenvalue weighted by Crippen LogP contribution is 2.32. The van der Waals surface area contributed by atoms with E-state index in [0.29, 0.717) is 22.0 Å². The molecule has 0 saturated carbocycles. The minimum absolute atomic E-state index is 0.161. The number of hydrogen-bond donors (Lipinski definition) is 0. The molecule has 0 atom stereocenters. The van der Waals surface area contributed by atoms with Crippen LogP contribution in [0.1, 0.15) is 16.7 Å². The molecular weight excluding hydrogens is 432 g/mol. The fraction of sp³-hybridized carbons (Fsp3) is 0.273. The maximum absolute atomic E-state index is 12.3. The minimum Gasteiger partial charge on any atom is -0.488 e. The standard InChI is InChI=1S/C22H23ClN6O3/c1-13-11-15(20-14(2)21(31-5)27(3)24-20)9-10-19(13)32-12-16-17(23)7-6-8-18(16)29-22(30)28(4)25-26-29/h6-11H,12H2,1-5H3. The van der Waals surface area contributed by atoms with Crippen molar-refractivity contribution >= 4 is 11.6 Å². The zero-order chi connectivity index (χ0) is 23.0. The highest BCUT2D eigenvalue weighted by atomic mass is 35.5. The SMILES string of the molecule is COc1c(C)c(-c2ccc(OCc3c(Cl)cccc3-n3nnn(C)c3=O)c(C)c2)nn1C. The lowest BCUT2D eigenvalue weighted by Crippen LogP contribution is -2.23. The molecule has 0 aliphatic rings. The number of aromatic nitrogens is 6. The molecule has 2 heterocycles. The lowest BCUT2D eigenvalue weighted by molar-refractivity contribution is 0.303. The maximum Gasteiger partial charge on any atom is 0.368 e. The van der Waals surface area contributed by atoms with Gasteiger partial charge in [-0.2, -0.15) is 14.5 Å². The highest BCUT2D eigenvalue weighted by Gasteiger charge is 2.17. The van der Waals surface area contributed by atoms with Gasteiger partial charge in [0.1, 0.15) is 12.4 Å². The smallest absolute Gasteiger partial charge is 0.368 e. The van der Waals surface area contributed by atoms with Gasteiger partial charge < -0.3 is 9.47 Å². The Morgan fingerprint density at radius 2 is 1.84 bits per heavy atom. The quantitative estimate of drug-likeness (QED) is 0.444.